The molecule has 0 amide bonds. The summed E-state index contributed by atoms with van der Waals surface area (Å²) in [5, 5.41) is 3.57. The zero-order chi connectivity index (χ0) is 18.0. The van der Waals surface area contributed by atoms with Gasteiger partial charge in [-0.15, -0.1) is 0 Å². The highest BCUT2D eigenvalue weighted by Crippen LogP contribution is 2.30. The zero-order valence-corrected chi connectivity index (χ0v) is 13.3. The summed E-state index contributed by atoms with van der Waals surface area (Å²) in [7, 11) is 0. The molecule has 0 aliphatic rings. The SMILES string of the molecule is CCCn1c(=O)ccc2cnc(Nc3ccc(C(F)(F)F)cc3)nc21. The van der Waals surface area contributed by atoms with Crippen LogP contribution in [-0.4, -0.2) is 14.5 Å². The summed E-state index contributed by atoms with van der Waals surface area (Å²) in [5.41, 5.74) is 0.0224. The van der Waals surface area contributed by atoms with Crippen LogP contribution in [0, 0.1) is 0 Å². The molecule has 1 aromatic carbocycles. The smallest absolute Gasteiger partial charge is 0.324 e. The van der Waals surface area contributed by atoms with Crippen LogP contribution < -0.4 is 10.9 Å². The van der Waals surface area contributed by atoms with Gasteiger partial charge < -0.3 is 5.32 Å². The summed E-state index contributed by atoms with van der Waals surface area (Å²) in [4.78, 5) is 20.5. The molecule has 1 N–H and O–H groups in total. The average Bonchev–Trinajstić information content (AvgIpc) is 2.57. The van der Waals surface area contributed by atoms with E-state index in [9.17, 15) is 18.0 Å². The van der Waals surface area contributed by atoms with Gasteiger partial charge in [0.1, 0.15) is 5.65 Å². The van der Waals surface area contributed by atoms with Crippen LogP contribution in [0.4, 0.5) is 24.8 Å². The number of anilines is 2. The van der Waals surface area contributed by atoms with Crippen LogP contribution in [0.5, 0.6) is 0 Å². The molecule has 130 valence electrons. The second-order valence-electron chi connectivity index (χ2n) is 5.50. The van der Waals surface area contributed by atoms with E-state index in [2.05, 4.69) is 15.3 Å². The van der Waals surface area contributed by atoms with Crippen LogP contribution >= 0.6 is 0 Å². The number of benzene rings is 1. The molecule has 3 aromatic rings. The third-order valence-electron chi connectivity index (χ3n) is 3.64. The highest BCUT2D eigenvalue weighted by Gasteiger charge is 2.29. The highest BCUT2D eigenvalue weighted by molar-refractivity contribution is 5.75. The van der Waals surface area contributed by atoms with Crippen molar-refractivity contribution in [3.8, 4) is 0 Å². The molecule has 0 saturated carbocycles. The number of aryl methyl sites for hydroxylation is 1. The van der Waals surface area contributed by atoms with Crippen molar-refractivity contribution in [2.75, 3.05) is 5.32 Å². The number of halogens is 3. The van der Waals surface area contributed by atoms with Gasteiger partial charge in [-0.05, 0) is 36.8 Å². The molecule has 0 spiro atoms. The normalized spacial score (nSPS) is 11.7. The van der Waals surface area contributed by atoms with Crippen molar-refractivity contribution in [1.29, 1.82) is 0 Å². The largest absolute Gasteiger partial charge is 0.416 e. The number of pyridine rings is 1. The monoisotopic (exact) mass is 348 g/mol. The molecule has 3 rings (SSSR count). The van der Waals surface area contributed by atoms with Gasteiger partial charge in [0.2, 0.25) is 5.95 Å². The third-order valence-corrected chi connectivity index (χ3v) is 3.64. The first kappa shape index (κ1) is 16.9. The molecule has 0 fully saturated rings. The van der Waals surface area contributed by atoms with Crippen molar-refractivity contribution in [3.05, 3.63) is 58.5 Å². The van der Waals surface area contributed by atoms with Gasteiger partial charge in [-0.2, -0.15) is 18.2 Å². The van der Waals surface area contributed by atoms with Crippen LogP contribution in [0.1, 0.15) is 18.9 Å². The van der Waals surface area contributed by atoms with Crippen LogP contribution in [-0.2, 0) is 12.7 Å². The van der Waals surface area contributed by atoms with Crippen molar-refractivity contribution in [3.63, 3.8) is 0 Å². The van der Waals surface area contributed by atoms with Gasteiger partial charge >= 0.3 is 6.18 Å². The molecule has 0 aliphatic heterocycles. The molecule has 2 aromatic heterocycles. The minimum Gasteiger partial charge on any atom is -0.324 e. The molecular formula is C17H15F3N4O. The van der Waals surface area contributed by atoms with Crippen molar-refractivity contribution in [2.24, 2.45) is 0 Å². The molecule has 0 unspecified atom stereocenters. The second-order valence-corrected chi connectivity index (χ2v) is 5.50. The number of hydrogen-bond acceptors (Lipinski definition) is 4. The lowest BCUT2D eigenvalue weighted by Crippen LogP contribution is -2.20. The van der Waals surface area contributed by atoms with Crippen LogP contribution in [0.25, 0.3) is 11.0 Å². The van der Waals surface area contributed by atoms with Gasteiger partial charge in [0.05, 0.1) is 5.56 Å². The van der Waals surface area contributed by atoms with Crippen molar-refractivity contribution in [1.82, 2.24) is 14.5 Å². The summed E-state index contributed by atoms with van der Waals surface area (Å²) < 4.78 is 39.3. The van der Waals surface area contributed by atoms with Gasteiger partial charge in [0.25, 0.3) is 5.56 Å². The average molecular weight is 348 g/mol. The van der Waals surface area contributed by atoms with E-state index in [1.165, 1.54) is 18.2 Å². The molecule has 0 saturated heterocycles. The Bertz CT molecular complexity index is 949. The molecule has 2 heterocycles. The van der Waals surface area contributed by atoms with Gasteiger partial charge in [-0.25, -0.2) is 4.98 Å². The van der Waals surface area contributed by atoms with E-state index in [0.29, 0.717) is 23.3 Å². The quantitative estimate of drug-likeness (QED) is 0.775. The summed E-state index contributed by atoms with van der Waals surface area (Å²) in [6, 6.07) is 7.68. The summed E-state index contributed by atoms with van der Waals surface area (Å²) in [6.45, 7) is 2.47. The first-order valence-electron chi connectivity index (χ1n) is 7.69. The Morgan fingerprint density at radius 1 is 1.12 bits per heavy atom. The second kappa shape index (κ2) is 6.54. The minimum atomic E-state index is -4.38. The van der Waals surface area contributed by atoms with E-state index in [1.54, 1.807) is 16.8 Å². The van der Waals surface area contributed by atoms with Crippen molar-refractivity contribution < 1.29 is 13.2 Å². The minimum absolute atomic E-state index is 0.159. The van der Waals surface area contributed by atoms with E-state index in [-0.39, 0.29) is 11.5 Å². The Balaban J connectivity index is 1.94. The molecule has 0 radical (unpaired) electrons. The first-order valence-corrected chi connectivity index (χ1v) is 7.69. The molecular weight excluding hydrogens is 333 g/mol. The van der Waals surface area contributed by atoms with Gasteiger partial charge in [-0.3, -0.25) is 9.36 Å². The van der Waals surface area contributed by atoms with E-state index in [0.717, 1.165) is 18.6 Å². The van der Waals surface area contributed by atoms with E-state index < -0.39 is 11.7 Å². The number of aromatic nitrogens is 3. The Kier molecular flexibility index (Phi) is 4.43. The van der Waals surface area contributed by atoms with Crippen molar-refractivity contribution in [2.45, 2.75) is 26.1 Å². The maximum atomic E-state index is 12.6. The number of rotatable bonds is 4. The molecule has 8 heteroatoms. The van der Waals surface area contributed by atoms with Gasteiger partial charge in [0.15, 0.2) is 0 Å². The molecule has 5 nitrogen and oxygen atoms in total. The van der Waals surface area contributed by atoms with Gasteiger partial charge in [0, 0.05) is 29.9 Å². The van der Waals surface area contributed by atoms with Crippen LogP contribution in [0.15, 0.2) is 47.4 Å². The lowest BCUT2D eigenvalue weighted by molar-refractivity contribution is -0.137. The van der Waals surface area contributed by atoms with E-state index >= 15 is 0 Å². The van der Waals surface area contributed by atoms with E-state index in [1.807, 2.05) is 6.92 Å². The van der Waals surface area contributed by atoms with Crippen LogP contribution in [0.3, 0.4) is 0 Å². The van der Waals surface area contributed by atoms with Crippen LogP contribution in [0.2, 0.25) is 0 Å². The Labute approximate surface area is 141 Å². The summed E-state index contributed by atoms with van der Waals surface area (Å²) in [5.74, 6) is 0.211. The number of fused-ring (bicyclic) bond motifs is 1. The number of nitrogens with one attached hydrogen (secondary N) is 1. The Hall–Kier alpha value is -2.90. The fourth-order valence-electron chi connectivity index (χ4n) is 2.44. The maximum absolute atomic E-state index is 12.6. The number of alkyl halides is 3. The predicted molar refractivity (Wildman–Crippen MR) is 88.8 cm³/mol. The number of hydrogen-bond donors (Lipinski definition) is 1. The first-order chi connectivity index (χ1) is 11.9. The molecule has 0 bridgehead atoms. The zero-order valence-electron chi connectivity index (χ0n) is 13.3. The molecule has 0 aliphatic carbocycles. The fraction of sp³-hybridized carbons (Fsp3) is 0.235. The fourth-order valence-corrected chi connectivity index (χ4v) is 2.44. The lowest BCUT2D eigenvalue weighted by atomic mass is 10.2. The highest BCUT2D eigenvalue weighted by atomic mass is 19.4. The lowest BCUT2D eigenvalue weighted by Gasteiger charge is -2.11. The molecule has 0 atom stereocenters. The Morgan fingerprint density at radius 3 is 2.48 bits per heavy atom. The summed E-state index contributed by atoms with van der Waals surface area (Å²) >= 11 is 0. The molecule has 25 heavy (non-hydrogen) atoms. The van der Waals surface area contributed by atoms with Crippen molar-refractivity contribution >= 4 is 22.7 Å². The maximum Gasteiger partial charge on any atom is 0.416 e. The van der Waals surface area contributed by atoms with E-state index in [4.69, 9.17) is 0 Å². The topological polar surface area (TPSA) is 59.8 Å². The number of nitrogens with zero attached hydrogens (tertiary/aromatic N) is 3. The predicted octanol–water partition coefficient (Wildman–Crippen LogP) is 3.96. The van der Waals surface area contributed by atoms with Gasteiger partial charge in [-0.1, -0.05) is 6.92 Å². The third kappa shape index (κ3) is 3.62. The Morgan fingerprint density at radius 2 is 1.84 bits per heavy atom. The standard InChI is InChI=1S/C17H15F3N4O/c1-2-9-24-14(25)8-3-11-10-21-16(23-15(11)24)22-13-6-4-12(5-7-13)17(18,19)20/h3-8,10H,2,9H2,1H3,(H,21,22,23). The summed E-state index contributed by atoms with van der Waals surface area (Å²) in [6.07, 6.45) is -2.04.